The molecule has 0 aliphatic rings. The van der Waals surface area contributed by atoms with Gasteiger partial charge >= 0.3 is 17.9 Å². The summed E-state index contributed by atoms with van der Waals surface area (Å²) in [4.78, 5) is 37.0. The molecular weight excluding hydrogens is 516 g/mol. The molecule has 0 spiro atoms. The Labute approximate surface area is 253 Å². The smallest absolute Gasteiger partial charge is 0.306 e. The molecule has 0 saturated heterocycles. The number of carbonyl (C=O) groups excluding carboxylic acids is 3. The fourth-order valence-electron chi connectivity index (χ4n) is 4.86. The summed E-state index contributed by atoms with van der Waals surface area (Å²) in [6, 6.07) is 0. The number of unbranched alkanes of at least 4 members (excludes halogenated alkanes) is 17. The van der Waals surface area contributed by atoms with Crippen LogP contribution in [0, 0.1) is 5.92 Å². The third-order valence-corrected chi connectivity index (χ3v) is 7.54. The van der Waals surface area contributed by atoms with Gasteiger partial charge < -0.3 is 14.2 Å². The van der Waals surface area contributed by atoms with Gasteiger partial charge in [0.25, 0.3) is 0 Å². The summed E-state index contributed by atoms with van der Waals surface area (Å²) >= 11 is 0. The molecule has 0 aromatic rings. The number of rotatable bonds is 30. The standard InChI is InChI=1S/C35H66O6/c1-5-7-9-11-12-13-14-20-24-28-35(38)41-32(29-39-33(36)26-22-17-10-8-6-2)30-40-34(37)27-23-19-16-15-18-21-25-31(3)4/h31-32H,5-30H2,1-4H3/t32-/m1/s1. The second kappa shape index (κ2) is 29.9. The molecule has 242 valence electrons. The minimum Gasteiger partial charge on any atom is -0.462 e. The maximum Gasteiger partial charge on any atom is 0.306 e. The molecule has 0 aromatic carbocycles. The Kier molecular flexibility index (Phi) is 28.7. The lowest BCUT2D eigenvalue weighted by Crippen LogP contribution is -2.30. The van der Waals surface area contributed by atoms with Gasteiger partial charge in [-0.15, -0.1) is 0 Å². The lowest BCUT2D eigenvalue weighted by atomic mass is 10.0. The van der Waals surface area contributed by atoms with Crippen LogP contribution in [0.5, 0.6) is 0 Å². The first-order chi connectivity index (χ1) is 19.9. The monoisotopic (exact) mass is 582 g/mol. The highest BCUT2D eigenvalue weighted by atomic mass is 16.6. The highest BCUT2D eigenvalue weighted by molar-refractivity contribution is 5.71. The molecule has 41 heavy (non-hydrogen) atoms. The third kappa shape index (κ3) is 29.7. The van der Waals surface area contributed by atoms with Crippen molar-refractivity contribution in [2.75, 3.05) is 13.2 Å². The summed E-state index contributed by atoms with van der Waals surface area (Å²) in [7, 11) is 0. The summed E-state index contributed by atoms with van der Waals surface area (Å²) in [5.41, 5.74) is 0. The zero-order valence-electron chi connectivity index (χ0n) is 27.5. The van der Waals surface area contributed by atoms with Crippen molar-refractivity contribution in [3.8, 4) is 0 Å². The van der Waals surface area contributed by atoms with Crippen LogP contribution in [0.2, 0.25) is 0 Å². The summed E-state index contributed by atoms with van der Waals surface area (Å²) < 4.78 is 16.4. The molecule has 0 fully saturated rings. The van der Waals surface area contributed by atoms with E-state index in [0.717, 1.165) is 70.1 Å². The molecule has 0 aliphatic heterocycles. The van der Waals surface area contributed by atoms with Crippen LogP contribution >= 0.6 is 0 Å². The van der Waals surface area contributed by atoms with E-state index in [1.807, 2.05) is 0 Å². The zero-order valence-corrected chi connectivity index (χ0v) is 27.5. The van der Waals surface area contributed by atoms with Crippen molar-refractivity contribution < 1.29 is 28.6 Å². The Morgan fingerprint density at radius 3 is 1.20 bits per heavy atom. The van der Waals surface area contributed by atoms with E-state index in [1.54, 1.807) is 0 Å². The number of hydrogen-bond donors (Lipinski definition) is 0. The first kappa shape index (κ1) is 39.4. The second-order valence-corrected chi connectivity index (χ2v) is 12.3. The molecule has 0 unspecified atom stereocenters. The molecule has 0 bridgehead atoms. The molecule has 0 aromatic heterocycles. The summed E-state index contributed by atoms with van der Waals surface area (Å²) in [5, 5.41) is 0. The predicted octanol–water partition coefficient (Wildman–Crippen LogP) is 10.0. The summed E-state index contributed by atoms with van der Waals surface area (Å²) in [6.07, 6.45) is 24.2. The van der Waals surface area contributed by atoms with E-state index in [1.165, 1.54) is 70.6 Å². The van der Waals surface area contributed by atoms with Gasteiger partial charge in [0.1, 0.15) is 13.2 Å². The van der Waals surface area contributed by atoms with Crippen molar-refractivity contribution >= 4 is 17.9 Å². The van der Waals surface area contributed by atoms with Crippen molar-refractivity contribution in [2.45, 2.75) is 188 Å². The molecule has 6 nitrogen and oxygen atoms in total. The second-order valence-electron chi connectivity index (χ2n) is 12.3. The van der Waals surface area contributed by atoms with E-state index in [0.29, 0.717) is 19.3 Å². The van der Waals surface area contributed by atoms with Crippen LogP contribution in [0.3, 0.4) is 0 Å². The zero-order chi connectivity index (χ0) is 30.4. The van der Waals surface area contributed by atoms with Crippen LogP contribution in [0.1, 0.15) is 182 Å². The highest BCUT2D eigenvalue weighted by Gasteiger charge is 2.19. The Balaban J connectivity index is 4.33. The summed E-state index contributed by atoms with van der Waals surface area (Å²) in [5.74, 6) is -0.128. The maximum absolute atomic E-state index is 12.5. The average Bonchev–Trinajstić information content (AvgIpc) is 2.94. The minimum absolute atomic E-state index is 0.0681. The van der Waals surface area contributed by atoms with Gasteiger partial charge in [0.05, 0.1) is 0 Å². The first-order valence-corrected chi connectivity index (χ1v) is 17.4. The quantitative estimate of drug-likeness (QED) is 0.0476. The first-order valence-electron chi connectivity index (χ1n) is 17.4. The molecule has 1 atom stereocenters. The average molecular weight is 583 g/mol. The number of carbonyl (C=O) groups is 3. The van der Waals surface area contributed by atoms with Gasteiger partial charge in [0, 0.05) is 19.3 Å². The normalized spacial score (nSPS) is 11.9. The highest BCUT2D eigenvalue weighted by Crippen LogP contribution is 2.14. The van der Waals surface area contributed by atoms with Crippen molar-refractivity contribution in [3.63, 3.8) is 0 Å². The van der Waals surface area contributed by atoms with Crippen LogP contribution in [-0.4, -0.2) is 37.2 Å². The van der Waals surface area contributed by atoms with Crippen LogP contribution < -0.4 is 0 Å². The molecule has 0 radical (unpaired) electrons. The molecule has 0 amide bonds. The minimum atomic E-state index is -0.755. The van der Waals surface area contributed by atoms with Crippen LogP contribution in [0.15, 0.2) is 0 Å². The maximum atomic E-state index is 12.5. The predicted molar refractivity (Wildman–Crippen MR) is 169 cm³/mol. The topological polar surface area (TPSA) is 78.9 Å². The fraction of sp³-hybridized carbons (Fsp3) is 0.914. The number of hydrogen-bond acceptors (Lipinski definition) is 6. The Morgan fingerprint density at radius 2 is 0.805 bits per heavy atom. The van der Waals surface area contributed by atoms with E-state index in [-0.39, 0.29) is 31.1 Å². The molecule has 0 aliphatic carbocycles. The van der Waals surface area contributed by atoms with E-state index in [9.17, 15) is 14.4 Å². The van der Waals surface area contributed by atoms with Crippen molar-refractivity contribution in [3.05, 3.63) is 0 Å². The Morgan fingerprint density at radius 1 is 0.463 bits per heavy atom. The molecule has 0 N–H and O–H groups in total. The molecule has 0 heterocycles. The number of esters is 3. The SMILES string of the molecule is CCCCCCCCCCCC(=O)O[C@H](COC(=O)CCCCCCC)COC(=O)CCCCCCCCC(C)C. The van der Waals surface area contributed by atoms with Gasteiger partial charge in [0.15, 0.2) is 6.10 Å². The van der Waals surface area contributed by atoms with Crippen molar-refractivity contribution in [2.24, 2.45) is 5.92 Å². The molecule has 0 saturated carbocycles. The molecule has 0 rings (SSSR count). The lowest BCUT2D eigenvalue weighted by molar-refractivity contribution is -0.167. The van der Waals surface area contributed by atoms with Crippen LogP contribution in [-0.2, 0) is 28.6 Å². The van der Waals surface area contributed by atoms with Gasteiger partial charge in [-0.25, -0.2) is 0 Å². The summed E-state index contributed by atoms with van der Waals surface area (Å²) in [6.45, 7) is 8.77. The van der Waals surface area contributed by atoms with Crippen LogP contribution in [0.4, 0.5) is 0 Å². The van der Waals surface area contributed by atoms with Gasteiger partial charge in [0.2, 0.25) is 0 Å². The van der Waals surface area contributed by atoms with Crippen molar-refractivity contribution in [1.82, 2.24) is 0 Å². The fourth-order valence-corrected chi connectivity index (χ4v) is 4.86. The third-order valence-electron chi connectivity index (χ3n) is 7.54. The van der Waals surface area contributed by atoms with Gasteiger partial charge in [-0.1, -0.05) is 143 Å². The van der Waals surface area contributed by atoms with E-state index < -0.39 is 6.10 Å². The Hall–Kier alpha value is -1.59. The number of ether oxygens (including phenoxy) is 3. The van der Waals surface area contributed by atoms with E-state index in [2.05, 4.69) is 27.7 Å². The van der Waals surface area contributed by atoms with Gasteiger partial charge in [-0.3, -0.25) is 14.4 Å². The lowest BCUT2D eigenvalue weighted by Gasteiger charge is -2.18. The Bertz CT molecular complexity index is 618. The molecular formula is C35H66O6. The van der Waals surface area contributed by atoms with Crippen molar-refractivity contribution in [1.29, 1.82) is 0 Å². The molecule has 6 heteroatoms. The van der Waals surface area contributed by atoms with Gasteiger partial charge in [-0.2, -0.15) is 0 Å². The van der Waals surface area contributed by atoms with Gasteiger partial charge in [-0.05, 0) is 25.2 Å². The van der Waals surface area contributed by atoms with E-state index in [4.69, 9.17) is 14.2 Å². The van der Waals surface area contributed by atoms with E-state index >= 15 is 0 Å². The largest absolute Gasteiger partial charge is 0.462 e. The van der Waals surface area contributed by atoms with Crippen LogP contribution in [0.25, 0.3) is 0 Å².